The molecule has 0 bridgehead atoms. The summed E-state index contributed by atoms with van der Waals surface area (Å²) >= 11 is 11.8. The second kappa shape index (κ2) is 6.11. The largest absolute Gasteiger partial charge is 0.321 e. The Balaban J connectivity index is 2.33. The van der Waals surface area contributed by atoms with E-state index in [-0.39, 0.29) is 11.3 Å². The maximum atomic E-state index is 12.2. The summed E-state index contributed by atoms with van der Waals surface area (Å²) in [5.41, 5.74) is 0.794. The summed E-state index contributed by atoms with van der Waals surface area (Å²) in [7, 11) is 0. The molecule has 0 aliphatic rings. The molecule has 0 spiro atoms. The molecule has 108 valence electrons. The third-order valence-corrected chi connectivity index (χ3v) is 3.47. The van der Waals surface area contributed by atoms with E-state index in [9.17, 15) is 14.9 Å². The Hall–Kier alpha value is -2.11. The van der Waals surface area contributed by atoms with Gasteiger partial charge in [-0.05, 0) is 31.2 Å². The van der Waals surface area contributed by atoms with Crippen LogP contribution in [0.5, 0.6) is 0 Å². The van der Waals surface area contributed by atoms with Crippen LogP contribution in [-0.4, -0.2) is 10.8 Å². The number of nitro groups is 1. The summed E-state index contributed by atoms with van der Waals surface area (Å²) < 4.78 is 0. The lowest BCUT2D eigenvalue weighted by Gasteiger charge is -2.09. The molecule has 0 saturated carbocycles. The fourth-order valence-electron chi connectivity index (χ4n) is 1.85. The zero-order chi connectivity index (χ0) is 15.6. The first-order valence-corrected chi connectivity index (χ1v) is 6.66. The number of amides is 1. The van der Waals surface area contributed by atoms with Crippen LogP contribution in [0, 0.1) is 17.0 Å². The van der Waals surface area contributed by atoms with Crippen LogP contribution in [0.15, 0.2) is 36.4 Å². The van der Waals surface area contributed by atoms with Crippen LogP contribution in [0.4, 0.5) is 11.4 Å². The molecule has 0 heterocycles. The zero-order valence-corrected chi connectivity index (χ0v) is 12.4. The summed E-state index contributed by atoms with van der Waals surface area (Å²) in [6, 6.07) is 8.98. The maximum Gasteiger partial charge on any atom is 0.273 e. The van der Waals surface area contributed by atoms with Gasteiger partial charge in [-0.2, -0.15) is 0 Å². The predicted molar refractivity (Wildman–Crippen MR) is 82.2 cm³/mol. The van der Waals surface area contributed by atoms with Crippen LogP contribution in [0.1, 0.15) is 15.9 Å². The molecule has 5 nitrogen and oxygen atoms in total. The van der Waals surface area contributed by atoms with Gasteiger partial charge in [0.15, 0.2) is 0 Å². The lowest BCUT2D eigenvalue weighted by atomic mass is 10.1. The molecule has 21 heavy (non-hydrogen) atoms. The van der Waals surface area contributed by atoms with Gasteiger partial charge in [0.05, 0.1) is 15.6 Å². The Bertz CT molecular complexity index is 732. The van der Waals surface area contributed by atoms with Gasteiger partial charge in [0, 0.05) is 22.2 Å². The van der Waals surface area contributed by atoms with E-state index in [4.69, 9.17) is 23.2 Å². The highest BCUT2D eigenvalue weighted by Gasteiger charge is 2.18. The molecule has 0 saturated heterocycles. The Labute approximate surface area is 130 Å². The van der Waals surface area contributed by atoms with Crippen molar-refractivity contribution in [2.45, 2.75) is 6.92 Å². The SMILES string of the molecule is Cc1c(C(=O)Nc2ccc(Cl)cc2Cl)cccc1[N+](=O)[O-]. The van der Waals surface area contributed by atoms with Crippen LogP contribution in [0.3, 0.4) is 0 Å². The van der Waals surface area contributed by atoms with Crippen molar-refractivity contribution in [3.63, 3.8) is 0 Å². The van der Waals surface area contributed by atoms with Gasteiger partial charge >= 0.3 is 0 Å². The van der Waals surface area contributed by atoms with Gasteiger partial charge in [0.25, 0.3) is 11.6 Å². The van der Waals surface area contributed by atoms with E-state index in [1.165, 1.54) is 31.2 Å². The van der Waals surface area contributed by atoms with Crippen molar-refractivity contribution in [1.29, 1.82) is 0 Å². The number of rotatable bonds is 3. The van der Waals surface area contributed by atoms with Gasteiger partial charge in [-0.25, -0.2) is 0 Å². The number of benzene rings is 2. The number of hydrogen-bond acceptors (Lipinski definition) is 3. The predicted octanol–water partition coefficient (Wildman–Crippen LogP) is 4.46. The van der Waals surface area contributed by atoms with Crippen molar-refractivity contribution in [3.05, 3.63) is 67.7 Å². The van der Waals surface area contributed by atoms with Crippen molar-refractivity contribution >= 4 is 40.5 Å². The molecule has 0 radical (unpaired) electrons. The first kappa shape index (κ1) is 15.3. The number of nitro benzene ring substituents is 1. The first-order chi connectivity index (χ1) is 9.90. The highest BCUT2D eigenvalue weighted by atomic mass is 35.5. The molecule has 0 aliphatic heterocycles. The average Bonchev–Trinajstić information content (AvgIpc) is 2.41. The van der Waals surface area contributed by atoms with Crippen molar-refractivity contribution < 1.29 is 9.72 Å². The first-order valence-electron chi connectivity index (χ1n) is 5.90. The Morgan fingerprint density at radius 2 is 1.95 bits per heavy atom. The second-order valence-corrected chi connectivity index (χ2v) is 5.13. The molecule has 0 atom stereocenters. The normalized spacial score (nSPS) is 10.2. The van der Waals surface area contributed by atoms with Gasteiger partial charge < -0.3 is 5.32 Å². The van der Waals surface area contributed by atoms with Gasteiger partial charge in [0.2, 0.25) is 0 Å². The third kappa shape index (κ3) is 3.32. The molecule has 2 aromatic carbocycles. The molecule has 7 heteroatoms. The van der Waals surface area contributed by atoms with Crippen LogP contribution in [-0.2, 0) is 0 Å². The molecule has 0 aromatic heterocycles. The summed E-state index contributed by atoms with van der Waals surface area (Å²) in [4.78, 5) is 22.6. The topological polar surface area (TPSA) is 72.2 Å². The van der Waals surface area contributed by atoms with Crippen molar-refractivity contribution in [3.8, 4) is 0 Å². The molecule has 0 unspecified atom stereocenters. The lowest BCUT2D eigenvalue weighted by molar-refractivity contribution is -0.385. The van der Waals surface area contributed by atoms with E-state index in [0.717, 1.165) is 0 Å². The monoisotopic (exact) mass is 324 g/mol. The van der Waals surface area contributed by atoms with Crippen LogP contribution in [0.2, 0.25) is 10.0 Å². The number of halogens is 2. The summed E-state index contributed by atoms with van der Waals surface area (Å²) in [6.45, 7) is 1.52. The fourth-order valence-corrected chi connectivity index (χ4v) is 2.30. The minimum absolute atomic E-state index is 0.107. The van der Waals surface area contributed by atoms with Crippen LogP contribution in [0.25, 0.3) is 0 Å². The molecule has 0 aliphatic carbocycles. The standard InChI is InChI=1S/C14H10Cl2N2O3/c1-8-10(3-2-4-13(8)18(20)21)14(19)17-12-6-5-9(15)7-11(12)16/h2-7H,1H3,(H,17,19). The van der Waals surface area contributed by atoms with E-state index in [0.29, 0.717) is 21.3 Å². The van der Waals surface area contributed by atoms with E-state index >= 15 is 0 Å². The van der Waals surface area contributed by atoms with Gasteiger partial charge in [-0.15, -0.1) is 0 Å². The van der Waals surface area contributed by atoms with Crippen LogP contribution >= 0.6 is 23.2 Å². The molecule has 2 aromatic rings. The minimum atomic E-state index is -0.526. The third-order valence-electron chi connectivity index (χ3n) is 2.93. The molecule has 1 amide bonds. The number of nitrogens with zero attached hydrogens (tertiary/aromatic N) is 1. The smallest absolute Gasteiger partial charge is 0.273 e. The van der Waals surface area contributed by atoms with Gasteiger partial charge in [-0.1, -0.05) is 29.3 Å². The molecular formula is C14H10Cl2N2O3. The Kier molecular flexibility index (Phi) is 4.45. The summed E-state index contributed by atoms with van der Waals surface area (Å²) in [5.74, 6) is -0.472. The van der Waals surface area contributed by atoms with Gasteiger partial charge in [0.1, 0.15) is 0 Å². The van der Waals surface area contributed by atoms with Gasteiger partial charge in [-0.3, -0.25) is 14.9 Å². The number of carbonyl (C=O) groups is 1. The summed E-state index contributed by atoms with van der Waals surface area (Å²) in [5, 5.41) is 14.2. The molecule has 1 N–H and O–H groups in total. The van der Waals surface area contributed by atoms with Crippen molar-refractivity contribution in [2.24, 2.45) is 0 Å². The molecule has 2 rings (SSSR count). The number of anilines is 1. The maximum absolute atomic E-state index is 12.2. The Morgan fingerprint density at radius 3 is 2.57 bits per heavy atom. The molecule has 0 fully saturated rings. The second-order valence-electron chi connectivity index (χ2n) is 4.29. The fraction of sp³-hybridized carbons (Fsp3) is 0.0714. The highest BCUT2D eigenvalue weighted by Crippen LogP contribution is 2.27. The zero-order valence-electron chi connectivity index (χ0n) is 10.9. The number of hydrogen-bond donors (Lipinski definition) is 1. The highest BCUT2D eigenvalue weighted by molar-refractivity contribution is 6.36. The average molecular weight is 325 g/mol. The lowest BCUT2D eigenvalue weighted by Crippen LogP contribution is -2.14. The van der Waals surface area contributed by atoms with E-state index in [2.05, 4.69) is 5.32 Å². The van der Waals surface area contributed by atoms with Crippen LogP contribution < -0.4 is 5.32 Å². The molecular weight excluding hydrogens is 315 g/mol. The van der Waals surface area contributed by atoms with Crippen molar-refractivity contribution in [1.82, 2.24) is 0 Å². The minimum Gasteiger partial charge on any atom is -0.321 e. The summed E-state index contributed by atoms with van der Waals surface area (Å²) in [6.07, 6.45) is 0. The van der Waals surface area contributed by atoms with E-state index in [1.54, 1.807) is 12.1 Å². The van der Waals surface area contributed by atoms with E-state index < -0.39 is 10.8 Å². The number of carbonyl (C=O) groups excluding carboxylic acids is 1. The Morgan fingerprint density at radius 1 is 1.24 bits per heavy atom. The van der Waals surface area contributed by atoms with E-state index in [1.807, 2.05) is 0 Å². The van der Waals surface area contributed by atoms with Crippen molar-refractivity contribution in [2.75, 3.05) is 5.32 Å². The quantitative estimate of drug-likeness (QED) is 0.669. The number of nitrogens with one attached hydrogen (secondary N) is 1.